The number of ether oxygens (including phenoxy) is 2. The van der Waals surface area contributed by atoms with Gasteiger partial charge in [0.15, 0.2) is 6.61 Å². The van der Waals surface area contributed by atoms with Crippen molar-refractivity contribution in [3.05, 3.63) is 30.3 Å². The second kappa shape index (κ2) is 9.15. The predicted octanol–water partition coefficient (Wildman–Crippen LogP) is 1.21. The highest BCUT2D eigenvalue weighted by Crippen LogP contribution is 2.12. The molecular formula is C17H24N2O4. The molecule has 0 aromatic heterocycles. The maximum Gasteiger partial charge on any atom is 0.260 e. The van der Waals surface area contributed by atoms with Gasteiger partial charge >= 0.3 is 0 Å². The molecule has 1 aromatic rings. The number of amides is 2. The number of piperidine rings is 1. The van der Waals surface area contributed by atoms with Crippen molar-refractivity contribution in [1.29, 1.82) is 0 Å². The van der Waals surface area contributed by atoms with Crippen molar-refractivity contribution in [3.63, 3.8) is 0 Å². The van der Waals surface area contributed by atoms with E-state index in [9.17, 15) is 9.59 Å². The molecule has 1 N–H and O–H groups in total. The minimum Gasteiger partial charge on any atom is -0.484 e. The molecule has 1 aliphatic heterocycles. The van der Waals surface area contributed by atoms with Crippen LogP contribution in [-0.2, 0) is 14.3 Å². The van der Waals surface area contributed by atoms with Crippen LogP contribution in [0.3, 0.4) is 0 Å². The van der Waals surface area contributed by atoms with Crippen LogP contribution in [-0.4, -0.2) is 56.2 Å². The fourth-order valence-electron chi connectivity index (χ4n) is 2.52. The standard InChI is InChI=1S/C17H24N2O4/c1-22-12-9-16(20)18-14-7-10-19(11-8-14)17(21)13-23-15-5-3-2-4-6-15/h2-6,14H,7-13H2,1H3,(H,18,20). The number of benzene rings is 1. The minimum absolute atomic E-state index is 0.00374. The number of nitrogens with zero attached hydrogens (tertiary/aromatic N) is 1. The summed E-state index contributed by atoms with van der Waals surface area (Å²) in [5.74, 6) is 0.684. The number of rotatable bonds is 7. The lowest BCUT2D eigenvalue weighted by molar-refractivity contribution is -0.134. The quantitative estimate of drug-likeness (QED) is 0.820. The summed E-state index contributed by atoms with van der Waals surface area (Å²) in [5.41, 5.74) is 0. The molecule has 1 saturated heterocycles. The van der Waals surface area contributed by atoms with Crippen molar-refractivity contribution >= 4 is 11.8 Å². The Bertz CT molecular complexity index is 499. The Morgan fingerprint density at radius 1 is 1.22 bits per heavy atom. The Hall–Kier alpha value is -2.08. The molecule has 0 unspecified atom stereocenters. The molecule has 0 aliphatic carbocycles. The van der Waals surface area contributed by atoms with E-state index in [0.717, 1.165) is 12.8 Å². The molecule has 0 radical (unpaired) electrons. The number of carbonyl (C=O) groups is 2. The van der Waals surface area contributed by atoms with Crippen LogP contribution in [0.1, 0.15) is 19.3 Å². The second-order valence-electron chi connectivity index (χ2n) is 5.57. The number of hydrogen-bond donors (Lipinski definition) is 1. The third-order valence-electron chi connectivity index (χ3n) is 3.85. The topological polar surface area (TPSA) is 67.9 Å². The summed E-state index contributed by atoms with van der Waals surface area (Å²) in [5, 5.41) is 2.98. The van der Waals surface area contributed by atoms with Gasteiger partial charge in [-0.05, 0) is 25.0 Å². The first-order chi connectivity index (χ1) is 11.2. The van der Waals surface area contributed by atoms with Gasteiger partial charge in [-0.2, -0.15) is 0 Å². The van der Waals surface area contributed by atoms with E-state index in [-0.39, 0.29) is 24.5 Å². The van der Waals surface area contributed by atoms with Crippen molar-refractivity contribution < 1.29 is 19.1 Å². The molecule has 6 nitrogen and oxygen atoms in total. The zero-order chi connectivity index (χ0) is 16.5. The van der Waals surface area contributed by atoms with Crippen LogP contribution in [0.25, 0.3) is 0 Å². The Balaban J connectivity index is 1.67. The van der Waals surface area contributed by atoms with E-state index in [1.165, 1.54) is 0 Å². The summed E-state index contributed by atoms with van der Waals surface area (Å²) in [6, 6.07) is 9.44. The lowest BCUT2D eigenvalue weighted by Crippen LogP contribution is -2.47. The van der Waals surface area contributed by atoms with E-state index in [1.54, 1.807) is 12.0 Å². The number of nitrogens with one attached hydrogen (secondary N) is 1. The minimum atomic E-state index is -0.0157. The first-order valence-corrected chi connectivity index (χ1v) is 7.93. The van der Waals surface area contributed by atoms with Crippen molar-refractivity contribution in [3.8, 4) is 5.75 Å². The fraction of sp³-hybridized carbons (Fsp3) is 0.529. The smallest absolute Gasteiger partial charge is 0.260 e. The van der Waals surface area contributed by atoms with Gasteiger partial charge < -0.3 is 19.7 Å². The normalized spacial score (nSPS) is 15.3. The first kappa shape index (κ1) is 17.3. The lowest BCUT2D eigenvalue weighted by Gasteiger charge is -2.32. The number of methoxy groups -OCH3 is 1. The summed E-state index contributed by atoms with van der Waals surface area (Å²) >= 11 is 0. The van der Waals surface area contributed by atoms with Crippen molar-refractivity contribution in [2.75, 3.05) is 33.4 Å². The van der Waals surface area contributed by atoms with Crippen LogP contribution in [0.2, 0.25) is 0 Å². The molecule has 0 bridgehead atoms. The third-order valence-corrected chi connectivity index (χ3v) is 3.85. The summed E-state index contributed by atoms with van der Waals surface area (Å²) in [6.07, 6.45) is 1.92. The molecule has 1 aliphatic rings. The maximum atomic E-state index is 12.1. The Morgan fingerprint density at radius 2 is 1.91 bits per heavy atom. The molecule has 23 heavy (non-hydrogen) atoms. The van der Waals surface area contributed by atoms with E-state index in [0.29, 0.717) is 31.9 Å². The van der Waals surface area contributed by atoms with E-state index in [4.69, 9.17) is 9.47 Å². The SMILES string of the molecule is COCCC(=O)NC1CCN(C(=O)COc2ccccc2)CC1. The molecule has 2 amide bonds. The average Bonchev–Trinajstić information content (AvgIpc) is 2.59. The molecule has 126 valence electrons. The highest BCUT2D eigenvalue weighted by Gasteiger charge is 2.23. The van der Waals surface area contributed by atoms with Gasteiger partial charge in [-0.25, -0.2) is 0 Å². The molecular weight excluding hydrogens is 296 g/mol. The van der Waals surface area contributed by atoms with Gasteiger partial charge in [0.05, 0.1) is 6.61 Å². The van der Waals surface area contributed by atoms with E-state index in [2.05, 4.69) is 5.32 Å². The number of para-hydroxylation sites is 1. The highest BCUT2D eigenvalue weighted by molar-refractivity contribution is 5.78. The summed E-state index contributed by atoms with van der Waals surface area (Å²) in [4.78, 5) is 25.6. The van der Waals surface area contributed by atoms with Crippen LogP contribution in [0.15, 0.2) is 30.3 Å². The maximum absolute atomic E-state index is 12.1. The average molecular weight is 320 g/mol. The largest absolute Gasteiger partial charge is 0.484 e. The molecule has 0 spiro atoms. The summed E-state index contributed by atoms with van der Waals surface area (Å²) in [6.45, 7) is 1.77. The van der Waals surface area contributed by atoms with Gasteiger partial charge in [0.25, 0.3) is 5.91 Å². The monoisotopic (exact) mass is 320 g/mol. The van der Waals surface area contributed by atoms with Gasteiger partial charge in [-0.15, -0.1) is 0 Å². The zero-order valence-corrected chi connectivity index (χ0v) is 13.5. The Morgan fingerprint density at radius 3 is 2.57 bits per heavy atom. The van der Waals surface area contributed by atoms with E-state index in [1.807, 2.05) is 30.3 Å². The second-order valence-corrected chi connectivity index (χ2v) is 5.57. The first-order valence-electron chi connectivity index (χ1n) is 7.93. The molecule has 1 heterocycles. The Labute approximate surface area is 136 Å². The Kier molecular flexibility index (Phi) is 6.87. The highest BCUT2D eigenvalue weighted by atomic mass is 16.5. The predicted molar refractivity (Wildman–Crippen MR) is 86.2 cm³/mol. The van der Waals surface area contributed by atoms with Crippen LogP contribution >= 0.6 is 0 Å². The molecule has 1 fully saturated rings. The molecule has 6 heteroatoms. The number of likely N-dealkylation sites (tertiary alicyclic amines) is 1. The van der Waals surface area contributed by atoms with Crippen molar-refractivity contribution in [2.24, 2.45) is 0 Å². The molecule has 1 aromatic carbocycles. The summed E-state index contributed by atoms with van der Waals surface area (Å²) < 4.78 is 10.4. The van der Waals surface area contributed by atoms with Crippen LogP contribution in [0.5, 0.6) is 5.75 Å². The van der Waals surface area contributed by atoms with Gasteiger partial charge in [-0.1, -0.05) is 18.2 Å². The van der Waals surface area contributed by atoms with Gasteiger partial charge in [-0.3, -0.25) is 9.59 Å². The molecule has 2 rings (SSSR count). The summed E-state index contributed by atoms with van der Waals surface area (Å²) in [7, 11) is 1.58. The van der Waals surface area contributed by atoms with Gasteiger partial charge in [0, 0.05) is 32.7 Å². The van der Waals surface area contributed by atoms with Crippen LogP contribution in [0.4, 0.5) is 0 Å². The molecule has 0 atom stereocenters. The number of carbonyl (C=O) groups excluding carboxylic acids is 2. The number of hydrogen-bond acceptors (Lipinski definition) is 4. The van der Waals surface area contributed by atoms with Gasteiger partial charge in [0.1, 0.15) is 5.75 Å². The molecule has 0 saturated carbocycles. The van der Waals surface area contributed by atoms with Crippen molar-refractivity contribution in [2.45, 2.75) is 25.3 Å². The van der Waals surface area contributed by atoms with Gasteiger partial charge in [0.2, 0.25) is 5.91 Å². The van der Waals surface area contributed by atoms with Crippen LogP contribution < -0.4 is 10.1 Å². The fourth-order valence-corrected chi connectivity index (χ4v) is 2.52. The van der Waals surface area contributed by atoms with E-state index >= 15 is 0 Å². The zero-order valence-electron chi connectivity index (χ0n) is 13.5. The van der Waals surface area contributed by atoms with Crippen molar-refractivity contribution in [1.82, 2.24) is 10.2 Å². The third kappa shape index (κ3) is 5.90. The van der Waals surface area contributed by atoms with E-state index < -0.39 is 0 Å². The van der Waals surface area contributed by atoms with Crippen LogP contribution in [0, 0.1) is 0 Å². The lowest BCUT2D eigenvalue weighted by atomic mass is 10.0.